The number of fused-ring (bicyclic) bond motifs is 3. The predicted octanol–water partition coefficient (Wildman–Crippen LogP) is 4.74. The molecule has 148 valence electrons. The summed E-state index contributed by atoms with van der Waals surface area (Å²) in [6.45, 7) is 3.35. The average Bonchev–Trinajstić information content (AvgIpc) is 2.67. The van der Waals surface area contributed by atoms with Gasteiger partial charge in [-0.25, -0.2) is 29.3 Å². The second kappa shape index (κ2) is 12.1. The molecule has 2 heterocycles. The molecule has 6 heteroatoms. The number of carbonyl (C=O) groups is 1. The van der Waals surface area contributed by atoms with E-state index in [1.807, 2.05) is 42.5 Å². The molecular weight excluding hydrogens is 619 g/mol. The molecule has 0 amide bonds. The van der Waals surface area contributed by atoms with Crippen LogP contribution in [0.2, 0.25) is 0 Å². The van der Waals surface area contributed by atoms with Gasteiger partial charge in [-0.2, -0.15) is 35.4 Å². The van der Waals surface area contributed by atoms with Crippen LogP contribution in [-0.2, 0) is 64.2 Å². The first-order chi connectivity index (χ1) is 13.0. The number of hydrogen-bond acceptors (Lipinski definition) is 4. The number of aliphatic hydroxyl groups excluding tert-OH is 1. The summed E-state index contributed by atoms with van der Waals surface area (Å²) < 4.78 is 5.72. The smallest absolute Gasteiger partial charge is 0.155 e. The number of ketones is 1. The second-order valence-electron chi connectivity index (χ2n) is 5.99. The molecular formula is C23H18IrNO3Y-3. The monoisotopic (exact) mass is 638 g/mol. The van der Waals surface area contributed by atoms with E-state index in [-0.39, 0.29) is 64.4 Å². The van der Waals surface area contributed by atoms with Crippen molar-refractivity contribution in [3.63, 3.8) is 0 Å². The van der Waals surface area contributed by atoms with Crippen LogP contribution < -0.4 is 4.74 Å². The van der Waals surface area contributed by atoms with Gasteiger partial charge in [-0.3, -0.25) is 4.79 Å². The Morgan fingerprint density at radius 2 is 1.97 bits per heavy atom. The van der Waals surface area contributed by atoms with Gasteiger partial charge in [0, 0.05) is 65.1 Å². The second-order valence-corrected chi connectivity index (χ2v) is 5.99. The molecule has 0 bridgehead atoms. The minimum Gasteiger partial charge on any atom is -0.512 e. The van der Waals surface area contributed by atoms with E-state index in [4.69, 9.17) is 9.84 Å². The zero-order chi connectivity index (χ0) is 19.2. The van der Waals surface area contributed by atoms with Crippen molar-refractivity contribution in [2.24, 2.45) is 0 Å². The molecule has 0 fully saturated rings. The molecule has 4 rings (SSSR count). The van der Waals surface area contributed by atoms with Crippen LogP contribution in [0.25, 0.3) is 22.4 Å². The number of aromatic nitrogens is 1. The molecule has 3 aromatic rings. The molecule has 1 aliphatic rings. The number of ether oxygens (including phenoxy) is 1. The van der Waals surface area contributed by atoms with Gasteiger partial charge in [0.2, 0.25) is 0 Å². The van der Waals surface area contributed by atoms with Gasteiger partial charge in [-0.1, -0.05) is 0 Å². The molecule has 1 aromatic heterocycles. The van der Waals surface area contributed by atoms with E-state index in [1.165, 1.54) is 19.9 Å². The normalized spacial score (nSPS) is 11.2. The Bertz CT molecular complexity index is 986. The minimum atomic E-state index is -0.125. The summed E-state index contributed by atoms with van der Waals surface area (Å²) in [5.41, 5.74) is 4.80. The summed E-state index contributed by atoms with van der Waals surface area (Å²) in [6.07, 6.45) is 2.93. The molecule has 4 nitrogen and oxygen atoms in total. The predicted molar refractivity (Wildman–Crippen MR) is 103 cm³/mol. The number of allylic oxidation sites excluding steroid dienone is 2. The molecule has 1 N–H and O–H groups in total. The third kappa shape index (κ3) is 6.97. The zero-order valence-corrected chi connectivity index (χ0v) is 21.3. The van der Waals surface area contributed by atoms with Gasteiger partial charge in [0.05, 0.1) is 18.1 Å². The van der Waals surface area contributed by atoms with Crippen molar-refractivity contribution in [3.05, 3.63) is 84.3 Å². The first kappa shape index (κ1) is 25.4. The Labute approximate surface area is 209 Å². The van der Waals surface area contributed by atoms with E-state index in [2.05, 4.69) is 23.2 Å². The van der Waals surface area contributed by atoms with Gasteiger partial charge >= 0.3 is 0 Å². The van der Waals surface area contributed by atoms with Gasteiger partial charge in [-0.15, -0.1) is 6.07 Å². The Morgan fingerprint density at radius 1 is 1.17 bits per heavy atom. The van der Waals surface area contributed by atoms with Crippen molar-refractivity contribution in [1.82, 2.24) is 4.98 Å². The number of aliphatic hydroxyl groups is 1. The molecule has 2 radical (unpaired) electrons. The molecule has 0 aliphatic carbocycles. The summed E-state index contributed by atoms with van der Waals surface area (Å²) in [5.74, 6) is 0.746. The summed E-state index contributed by atoms with van der Waals surface area (Å²) in [6, 6.07) is 23.5. The summed E-state index contributed by atoms with van der Waals surface area (Å²) >= 11 is 0. The molecule has 1 aliphatic heterocycles. The molecule has 0 spiro atoms. The third-order valence-electron chi connectivity index (χ3n) is 3.74. The molecule has 0 saturated carbocycles. The summed E-state index contributed by atoms with van der Waals surface area (Å²) in [4.78, 5) is 14.4. The van der Waals surface area contributed by atoms with E-state index in [1.54, 1.807) is 6.20 Å². The van der Waals surface area contributed by atoms with Crippen molar-refractivity contribution < 1.29 is 67.5 Å². The molecule has 0 unspecified atom stereocenters. The SMILES string of the molecule is CC(=O)/C=C(/C)O.[Ir].[Y].[c-]1ccccc1-c1[c-]c2c([c-]c1)-c1ncccc1OC2. The first-order valence-electron chi connectivity index (χ1n) is 8.44. The average molecular weight is 638 g/mol. The number of pyridine rings is 1. The molecule has 0 saturated heterocycles. The molecule has 0 atom stereocenters. The van der Waals surface area contributed by atoms with E-state index >= 15 is 0 Å². The number of nitrogens with zero attached hydrogens (tertiary/aromatic N) is 1. The van der Waals surface area contributed by atoms with Crippen LogP contribution in [-0.4, -0.2) is 15.9 Å². The van der Waals surface area contributed by atoms with Crippen molar-refractivity contribution in [2.75, 3.05) is 0 Å². The van der Waals surface area contributed by atoms with Crippen molar-refractivity contribution in [1.29, 1.82) is 0 Å². The topological polar surface area (TPSA) is 59.4 Å². The van der Waals surface area contributed by atoms with Gasteiger partial charge in [0.25, 0.3) is 0 Å². The Kier molecular flexibility index (Phi) is 10.6. The van der Waals surface area contributed by atoms with Gasteiger partial charge in [-0.05, 0) is 31.7 Å². The maximum absolute atomic E-state index is 10.0. The summed E-state index contributed by atoms with van der Waals surface area (Å²) in [5, 5.41) is 8.36. The van der Waals surface area contributed by atoms with Crippen LogP contribution in [0, 0.1) is 18.2 Å². The fourth-order valence-electron chi connectivity index (χ4n) is 2.66. The van der Waals surface area contributed by atoms with Crippen LogP contribution in [0.3, 0.4) is 0 Å². The minimum absolute atomic E-state index is 0. The van der Waals surface area contributed by atoms with Gasteiger partial charge in [0.15, 0.2) is 5.78 Å². The van der Waals surface area contributed by atoms with Crippen LogP contribution in [0.5, 0.6) is 5.75 Å². The van der Waals surface area contributed by atoms with Gasteiger partial charge in [0.1, 0.15) is 0 Å². The van der Waals surface area contributed by atoms with E-state index in [0.717, 1.165) is 33.7 Å². The van der Waals surface area contributed by atoms with Crippen LogP contribution in [0.4, 0.5) is 0 Å². The Morgan fingerprint density at radius 3 is 2.59 bits per heavy atom. The van der Waals surface area contributed by atoms with Crippen molar-refractivity contribution in [3.8, 4) is 28.1 Å². The zero-order valence-electron chi connectivity index (χ0n) is 16.0. The fourth-order valence-corrected chi connectivity index (χ4v) is 2.66. The van der Waals surface area contributed by atoms with Crippen LogP contribution in [0.1, 0.15) is 19.4 Å². The largest absolute Gasteiger partial charge is 0.512 e. The maximum Gasteiger partial charge on any atom is 0.155 e. The number of rotatable bonds is 2. The Hall–Kier alpha value is -1.65. The molecule has 29 heavy (non-hydrogen) atoms. The standard InChI is InChI=1S/C18H10NO.C5H8O2.Ir.Y/c1-2-5-13(6-3-1)14-8-9-16-15(11-14)12-20-17-7-4-10-19-18(16)17;1-4(6)3-5(2)7;;/h1-5,7-8,10H,12H2;3,6H,1-2H3;;/q-3;;;/b;4-3-;;. The molecule has 2 aromatic carbocycles. The van der Waals surface area contributed by atoms with E-state index < -0.39 is 0 Å². The quantitative estimate of drug-likeness (QED) is 0.251. The van der Waals surface area contributed by atoms with E-state index in [0.29, 0.717) is 6.61 Å². The van der Waals surface area contributed by atoms with Gasteiger partial charge < -0.3 is 14.8 Å². The first-order valence-corrected chi connectivity index (χ1v) is 8.44. The number of carbonyl (C=O) groups excluding carboxylic acids is 1. The van der Waals surface area contributed by atoms with Crippen LogP contribution in [0.15, 0.2) is 60.5 Å². The van der Waals surface area contributed by atoms with Crippen molar-refractivity contribution >= 4 is 5.78 Å². The fraction of sp³-hybridized carbons (Fsp3) is 0.130. The summed E-state index contributed by atoms with van der Waals surface area (Å²) in [7, 11) is 0. The maximum atomic E-state index is 10.0. The van der Waals surface area contributed by atoms with Crippen LogP contribution >= 0.6 is 0 Å². The van der Waals surface area contributed by atoms with E-state index in [9.17, 15) is 4.79 Å². The van der Waals surface area contributed by atoms with Crippen molar-refractivity contribution in [2.45, 2.75) is 20.5 Å². The Balaban J connectivity index is 0.000000410. The number of benzene rings is 2. The third-order valence-corrected chi connectivity index (χ3v) is 3.74. The number of hydrogen-bond donors (Lipinski definition) is 1.